The third-order valence-corrected chi connectivity index (χ3v) is 3.73. The lowest BCUT2D eigenvalue weighted by Gasteiger charge is -2.02. The smallest absolute Gasteiger partial charge is 0.0189 e. The van der Waals surface area contributed by atoms with Crippen molar-refractivity contribution in [3.05, 3.63) is 30.4 Å². The summed E-state index contributed by atoms with van der Waals surface area (Å²) < 4.78 is 2.71. The van der Waals surface area contributed by atoms with Crippen molar-refractivity contribution in [1.82, 2.24) is 0 Å². The Morgan fingerprint density at radius 2 is 1.40 bits per heavy atom. The van der Waals surface area contributed by atoms with Gasteiger partial charge >= 0.3 is 0 Å². The van der Waals surface area contributed by atoms with Gasteiger partial charge in [0.05, 0.1) is 0 Å². The lowest BCUT2D eigenvalue weighted by molar-refractivity contribution is 1.32. The maximum atomic E-state index is 2.38. The zero-order chi connectivity index (χ0) is 7.72. The van der Waals surface area contributed by atoms with Gasteiger partial charge in [-0.15, -0.1) is 0 Å². The van der Waals surface area contributed by atoms with Gasteiger partial charge in [-0.05, 0) is 82.3 Å². The van der Waals surface area contributed by atoms with E-state index >= 15 is 0 Å². The second kappa shape index (κ2) is 3.38. The Bertz CT molecular complexity index is 230. The molecule has 0 N–H and O–H groups in total. The van der Waals surface area contributed by atoms with E-state index in [1.165, 1.54) is 18.3 Å². The van der Waals surface area contributed by atoms with Crippen molar-refractivity contribution < 1.29 is 0 Å². The largest absolute Gasteiger partial charge is 0.0448 e. The molecule has 1 aromatic carbocycles. The Morgan fingerprint density at radius 1 is 1.00 bits per heavy atom. The van der Waals surface area contributed by atoms with Gasteiger partial charge in [0.2, 0.25) is 0 Å². The van der Waals surface area contributed by atoms with Crippen LogP contribution in [0, 0.1) is 21.0 Å². The van der Waals surface area contributed by atoms with Crippen molar-refractivity contribution in [2.24, 2.45) is 0 Å². The Balaban J connectivity index is 3.31. The number of halogens is 2. The molecule has 0 amide bonds. The molecule has 0 radical (unpaired) electrons. The maximum Gasteiger partial charge on any atom is 0.0189 e. The summed E-state index contributed by atoms with van der Waals surface area (Å²) >= 11 is 4.73. The summed E-state index contributed by atoms with van der Waals surface area (Å²) in [5.41, 5.74) is 2.76. The van der Waals surface area contributed by atoms with Crippen LogP contribution in [0.1, 0.15) is 11.1 Å². The molecule has 0 saturated carbocycles. The van der Waals surface area contributed by atoms with E-state index in [0.29, 0.717) is 0 Å². The summed E-state index contributed by atoms with van der Waals surface area (Å²) in [7, 11) is 0. The van der Waals surface area contributed by atoms with Crippen molar-refractivity contribution in [2.75, 3.05) is 0 Å². The van der Waals surface area contributed by atoms with Gasteiger partial charge in [-0.25, -0.2) is 0 Å². The molecule has 1 rings (SSSR count). The zero-order valence-electron chi connectivity index (χ0n) is 5.91. The predicted octanol–water partition coefficient (Wildman–Crippen LogP) is 3.51. The van der Waals surface area contributed by atoms with Gasteiger partial charge < -0.3 is 0 Å². The molecule has 10 heavy (non-hydrogen) atoms. The third-order valence-electron chi connectivity index (χ3n) is 1.40. The minimum Gasteiger partial charge on any atom is -0.0448 e. The number of hydrogen-bond donors (Lipinski definition) is 0. The molecule has 0 heterocycles. The van der Waals surface area contributed by atoms with E-state index in [4.69, 9.17) is 0 Å². The topological polar surface area (TPSA) is 0 Å². The molecule has 0 aromatic heterocycles. The minimum atomic E-state index is 1.33. The molecule has 0 saturated heterocycles. The van der Waals surface area contributed by atoms with Crippen LogP contribution in [0.3, 0.4) is 0 Å². The van der Waals surface area contributed by atoms with Gasteiger partial charge in [-0.3, -0.25) is 0 Å². The molecule has 0 aliphatic heterocycles. The average Bonchev–Trinajstić information content (AvgIpc) is 1.82. The molecule has 0 bridgehead atoms. The SMILES string of the molecule is Cc1cc(I)cc(C)c1I. The van der Waals surface area contributed by atoms with Crippen LogP contribution in [0.4, 0.5) is 0 Å². The van der Waals surface area contributed by atoms with Gasteiger partial charge in [0, 0.05) is 7.14 Å². The van der Waals surface area contributed by atoms with Crippen molar-refractivity contribution in [3.63, 3.8) is 0 Å². The molecular formula is C8H8I2. The van der Waals surface area contributed by atoms with Crippen LogP contribution in [0.15, 0.2) is 12.1 Å². The van der Waals surface area contributed by atoms with Gasteiger partial charge in [0.15, 0.2) is 0 Å². The Kier molecular flexibility index (Phi) is 2.97. The number of benzene rings is 1. The number of hydrogen-bond acceptors (Lipinski definition) is 0. The second-order valence-electron chi connectivity index (χ2n) is 2.35. The van der Waals surface area contributed by atoms with E-state index in [1.54, 1.807) is 0 Å². The Labute approximate surface area is 88.7 Å². The highest BCUT2D eigenvalue weighted by atomic mass is 127. The standard InChI is InChI=1S/C8H8I2/c1-5-3-7(9)4-6(2)8(5)10/h3-4H,1-2H3. The third kappa shape index (κ3) is 1.84. The fourth-order valence-corrected chi connectivity index (χ4v) is 2.14. The van der Waals surface area contributed by atoms with E-state index in [-0.39, 0.29) is 0 Å². The van der Waals surface area contributed by atoms with Crippen LogP contribution >= 0.6 is 45.2 Å². The molecule has 0 unspecified atom stereocenters. The van der Waals surface area contributed by atoms with E-state index < -0.39 is 0 Å². The molecule has 1 aromatic rings. The predicted molar refractivity (Wildman–Crippen MR) is 61.4 cm³/mol. The molecule has 0 spiro atoms. The lowest BCUT2D eigenvalue weighted by Crippen LogP contribution is -1.86. The number of aryl methyl sites for hydroxylation is 2. The van der Waals surface area contributed by atoms with E-state index in [9.17, 15) is 0 Å². The van der Waals surface area contributed by atoms with Crippen LogP contribution in [-0.4, -0.2) is 0 Å². The first kappa shape index (κ1) is 8.77. The van der Waals surface area contributed by atoms with Crippen LogP contribution in [0.25, 0.3) is 0 Å². The minimum absolute atomic E-state index is 1.33. The highest BCUT2D eigenvalue weighted by molar-refractivity contribution is 14.1. The molecular weight excluding hydrogens is 350 g/mol. The summed E-state index contributed by atoms with van der Waals surface area (Å²) in [5.74, 6) is 0. The summed E-state index contributed by atoms with van der Waals surface area (Å²) in [6.07, 6.45) is 0. The molecule has 0 aliphatic carbocycles. The molecule has 0 nitrogen and oxygen atoms in total. The van der Waals surface area contributed by atoms with Crippen molar-refractivity contribution in [2.45, 2.75) is 13.8 Å². The second-order valence-corrected chi connectivity index (χ2v) is 4.68. The molecule has 0 atom stereocenters. The van der Waals surface area contributed by atoms with Gasteiger partial charge in [0.1, 0.15) is 0 Å². The van der Waals surface area contributed by atoms with Crippen LogP contribution in [0.2, 0.25) is 0 Å². The summed E-state index contributed by atoms with van der Waals surface area (Å²) in [5, 5.41) is 0. The monoisotopic (exact) mass is 358 g/mol. The van der Waals surface area contributed by atoms with Gasteiger partial charge in [-0.2, -0.15) is 0 Å². The molecule has 0 aliphatic rings. The van der Waals surface area contributed by atoms with Crippen LogP contribution < -0.4 is 0 Å². The highest BCUT2D eigenvalue weighted by Crippen LogP contribution is 2.19. The van der Waals surface area contributed by atoms with Crippen LogP contribution in [-0.2, 0) is 0 Å². The van der Waals surface area contributed by atoms with Crippen molar-refractivity contribution in [3.8, 4) is 0 Å². The fraction of sp³-hybridized carbons (Fsp3) is 0.250. The molecule has 0 fully saturated rings. The Hall–Kier alpha value is 0.680. The Morgan fingerprint density at radius 3 is 1.80 bits per heavy atom. The molecule has 54 valence electrons. The summed E-state index contributed by atoms with van der Waals surface area (Å²) in [6, 6.07) is 4.41. The zero-order valence-corrected chi connectivity index (χ0v) is 10.2. The van der Waals surface area contributed by atoms with Crippen molar-refractivity contribution >= 4 is 45.2 Å². The van der Waals surface area contributed by atoms with E-state index in [0.717, 1.165) is 0 Å². The van der Waals surface area contributed by atoms with Crippen LogP contribution in [0.5, 0.6) is 0 Å². The van der Waals surface area contributed by atoms with E-state index in [1.807, 2.05) is 0 Å². The average molecular weight is 358 g/mol. The van der Waals surface area contributed by atoms with Gasteiger partial charge in [-0.1, -0.05) is 0 Å². The summed E-state index contributed by atoms with van der Waals surface area (Å²) in [6.45, 7) is 4.30. The maximum absolute atomic E-state index is 2.38. The quantitative estimate of drug-likeness (QED) is 0.623. The first-order valence-corrected chi connectivity index (χ1v) is 5.19. The normalized spacial score (nSPS) is 10.0. The first-order valence-electron chi connectivity index (χ1n) is 3.03. The van der Waals surface area contributed by atoms with E-state index in [2.05, 4.69) is 71.2 Å². The van der Waals surface area contributed by atoms with Gasteiger partial charge in [0.25, 0.3) is 0 Å². The summed E-state index contributed by atoms with van der Waals surface area (Å²) in [4.78, 5) is 0. The fourth-order valence-electron chi connectivity index (χ4n) is 0.893. The highest BCUT2D eigenvalue weighted by Gasteiger charge is 1.98. The first-order chi connectivity index (χ1) is 4.61. The number of rotatable bonds is 0. The molecule has 2 heteroatoms. The van der Waals surface area contributed by atoms with Crippen molar-refractivity contribution in [1.29, 1.82) is 0 Å². The lowest BCUT2D eigenvalue weighted by atomic mass is 10.2.